The summed E-state index contributed by atoms with van der Waals surface area (Å²) in [6.45, 7) is 9.80. The Labute approximate surface area is 120 Å². The lowest BCUT2D eigenvalue weighted by Gasteiger charge is -2.21. The minimum absolute atomic E-state index is 0.419. The van der Waals surface area contributed by atoms with Gasteiger partial charge in [-0.3, -0.25) is 9.88 Å². The summed E-state index contributed by atoms with van der Waals surface area (Å²) in [5, 5.41) is 3.45. The van der Waals surface area contributed by atoms with Gasteiger partial charge in [0.2, 0.25) is 0 Å². The molecule has 2 aromatic rings. The van der Waals surface area contributed by atoms with E-state index in [-0.39, 0.29) is 0 Å². The van der Waals surface area contributed by atoms with Crippen LogP contribution in [0.4, 0.5) is 0 Å². The van der Waals surface area contributed by atoms with Crippen LogP contribution < -0.4 is 5.32 Å². The van der Waals surface area contributed by atoms with E-state index < -0.39 is 0 Å². The van der Waals surface area contributed by atoms with Crippen molar-refractivity contribution in [3.05, 3.63) is 24.3 Å². The van der Waals surface area contributed by atoms with E-state index in [1.165, 1.54) is 11.9 Å². The molecule has 0 radical (unpaired) electrons. The Bertz CT molecular complexity index is 567. The van der Waals surface area contributed by atoms with E-state index >= 15 is 0 Å². The molecule has 5 heteroatoms. The monoisotopic (exact) mass is 273 g/mol. The van der Waals surface area contributed by atoms with Crippen molar-refractivity contribution in [1.29, 1.82) is 0 Å². The van der Waals surface area contributed by atoms with Crippen LogP contribution in [0, 0.1) is 0 Å². The van der Waals surface area contributed by atoms with Gasteiger partial charge in [0, 0.05) is 25.3 Å². The lowest BCUT2D eigenvalue weighted by molar-refractivity contribution is 0.271. The molecular weight excluding hydrogens is 250 g/mol. The van der Waals surface area contributed by atoms with E-state index in [9.17, 15) is 0 Å². The molecule has 1 saturated heterocycles. The van der Waals surface area contributed by atoms with Crippen molar-refractivity contribution >= 4 is 11.0 Å². The molecule has 0 aromatic carbocycles. The maximum absolute atomic E-state index is 4.80. The topological polar surface area (TPSA) is 46.0 Å². The maximum Gasteiger partial charge on any atom is 0.124 e. The number of nitrogens with zero attached hydrogens (tertiary/aromatic N) is 4. The molecule has 0 amide bonds. The van der Waals surface area contributed by atoms with Gasteiger partial charge in [0.15, 0.2) is 0 Å². The fourth-order valence-electron chi connectivity index (χ4n) is 2.95. The molecule has 0 spiro atoms. The molecule has 3 rings (SSSR count). The smallest absolute Gasteiger partial charge is 0.124 e. The van der Waals surface area contributed by atoms with Crippen LogP contribution in [0.3, 0.4) is 0 Å². The third kappa shape index (κ3) is 2.69. The molecular formula is C15H23N5. The summed E-state index contributed by atoms with van der Waals surface area (Å²) in [4.78, 5) is 11.5. The predicted molar refractivity (Wildman–Crippen MR) is 80.7 cm³/mol. The standard InChI is InChI=1S/C15H23N5/c1-12(2)20-14-4-6-17-10-13(14)18-15(20)11-19-8-3-5-16-7-9-19/h4,6,10,12,16H,3,5,7-9,11H2,1-2H3. The van der Waals surface area contributed by atoms with Gasteiger partial charge in [-0.25, -0.2) is 4.98 Å². The Kier molecular flexibility index (Phi) is 3.98. The molecule has 1 aliphatic rings. The van der Waals surface area contributed by atoms with Gasteiger partial charge < -0.3 is 9.88 Å². The van der Waals surface area contributed by atoms with Crippen LogP contribution >= 0.6 is 0 Å². The summed E-state index contributed by atoms with van der Waals surface area (Å²) in [6, 6.07) is 2.48. The van der Waals surface area contributed by atoms with Crippen LogP contribution in [0.1, 0.15) is 32.1 Å². The minimum Gasteiger partial charge on any atom is -0.324 e. The second-order valence-corrected chi connectivity index (χ2v) is 5.74. The number of aromatic nitrogens is 3. The highest BCUT2D eigenvalue weighted by molar-refractivity contribution is 5.74. The molecule has 0 aliphatic carbocycles. The summed E-state index contributed by atoms with van der Waals surface area (Å²) in [5.74, 6) is 1.16. The summed E-state index contributed by atoms with van der Waals surface area (Å²) in [7, 11) is 0. The molecule has 0 unspecified atom stereocenters. The van der Waals surface area contributed by atoms with E-state index in [4.69, 9.17) is 4.98 Å². The Morgan fingerprint density at radius 3 is 3.05 bits per heavy atom. The van der Waals surface area contributed by atoms with E-state index in [1.807, 2.05) is 12.4 Å². The van der Waals surface area contributed by atoms with Crippen molar-refractivity contribution < 1.29 is 0 Å². The first-order valence-electron chi connectivity index (χ1n) is 7.49. The minimum atomic E-state index is 0.419. The average molecular weight is 273 g/mol. The zero-order valence-corrected chi connectivity index (χ0v) is 12.3. The largest absolute Gasteiger partial charge is 0.324 e. The van der Waals surface area contributed by atoms with E-state index in [0.717, 1.165) is 44.1 Å². The molecule has 2 aromatic heterocycles. The van der Waals surface area contributed by atoms with Crippen LogP contribution in [-0.4, -0.2) is 45.6 Å². The summed E-state index contributed by atoms with van der Waals surface area (Å²) in [6.07, 6.45) is 4.92. The van der Waals surface area contributed by atoms with Gasteiger partial charge in [0.1, 0.15) is 11.3 Å². The van der Waals surface area contributed by atoms with Crippen molar-refractivity contribution in [3.63, 3.8) is 0 Å². The number of hydrogen-bond donors (Lipinski definition) is 1. The summed E-state index contributed by atoms with van der Waals surface area (Å²) < 4.78 is 2.34. The Morgan fingerprint density at radius 1 is 1.30 bits per heavy atom. The van der Waals surface area contributed by atoms with Crippen LogP contribution in [-0.2, 0) is 6.54 Å². The Hall–Kier alpha value is -1.46. The SMILES string of the molecule is CC(C)n1c(CN2CCCNCC2)nc2cnccc21. The lowest BCUT2D eigenvalue weighted by Crippen LogP contribution is -2.29. The molecule has 108 valence electrons. The van der Waals surface area contributed by atoms with Crippen LogP contribution in [0.2, 0.25) is 0 Å². The molecule has 1 aliphatic heterocycles. The van der Waals surface area contributed by atoms with E-state index in [2.05, 4.69) is 39.7 Å². The molecule has 0 bridgehead atoms. The van der Waals surface area contributed by atoms with Gasteiger partial charge in [0.25, 0.3) is 0 Å². The summed E-state index contributed by atoms with van der Waals surface area (Å²) in [5.41, 5.74) is 2.20. The molecule has 1 fully saturated rings. The van der Waals surface area contributed by atoms with Crippen molar-refractivity contribution in [2.24, 2.45) is 0 Å². The maximum atomic E-state index is 4.80. The molecule has 0 saturated carbocycles. The Balaban J connectivity index is 1.91. The van der Waals surface area contributed by atoms with Gasteiger partial charge in [0.05, 0.1) is 18.3 Å². The first-order chi connectivity index (χ1) is 9.75. The molecule has 20 heavy (non-hydrogen) atoms. The normalized spacial score (nSPS) is 17.8. The quantitative estimate of drug-likeness (QED) is 0.926. The predicted octanol–water partition coefficient (Wildman–Crippen LogP) is 1.81. The first-order valence-corrected chi connectivity index (χ1v) is 7.49. The third-order valence-electron chi connectivity index (χ3n) is 3.88. The average Bonchev–Trinajstić information content (AvgIpc) is 2.60. The zero-order valence-electron chi connectivity index (χ0n) is 12.3. The summed E-state index contributed by atoms with van der Waals surface area (Å²) >= 11 is 0. The zero-order chi connectivity index (χ0) is 13.9. The van der Waals surface area contributed by atoms with Crippen molar-refractivity contribution in [2.75, 3.05) is 26.2 Å². The second-order valence-electron chi connectivity index (χ2n) is 5.74. The van der Waals surface area contributed by atoms with Crippen LogP contribution in [0.15, 0.2) is 18.5 Å². The van der Waals surface area contributed by atoms with Gasteiger partial charge in [-0.2, -0.15) is 0 Å². The van der Waals surface area contributed by atoms with Gasteiger partial charge in [-0.1, -0.05) is 0 Å². The third-order valence-corrected chi connectivity index (χ3v) is 3.88. The first kappa shape index (κ1) is 13.5. The lowest BCUT2D eigenvalue weighted by atomic mass is 10.3. The molecule has 5 nitrogen and oxygen atoms in total. The van der Waals surface area contributed by atoms with Gasteiger partial charge in [-0.05, 0) is 39.4 Å². The Morgan fingerprint density at radius 2 is 2.20 bits per heavy atom. The van der Waals surface area contributed by atoms with E-state index in [0.29, 0.717) is 6.04 Å². The highest BCUT2D eigenvalue weighted by Crippen LogP contribution is 2.21. The second kappa shape index (κ2) is 5.89. The highest BCUT2D eigenvalue weighted by atomic mass is 15.2. The van der Waals surface area contributed by atoms with Crippen molar-refractivity contribution in [2.45, 2.75) is 32.9 Å². The molecule has 1 N–H and O–H groups in total. The van der Waals surface area contributed by atoms with Gasteiger partial charge >= 0.3 is 0 Å². The number of hydrogen-bond acceptors (Lipinski definition) is 4. The van der Waals surface area contributed by atoms with Crippen LogP contribution in [0.5, 0.6) is 0 Å². The fraction of sp³-hybridized carbons (Fsp3) is 0.600. The van der Waals surface area contributed by atoms with Gasteiger partial charge in [-0.15, -0.1) is 0 Å². The number of rotatable bonds is 3. The van der Waals surface area contributed by atoms with Crippen molar-refractivity contribution in [3.8, 4) is 0 Å². The number of nitrogens with one attached hydrogen (secondary N) is 1. The fourth-order valence-corrected chi connectivity index (χ4v) is 2.95. The molecule has 0 atom stereocenters. The number of fused-ring (bicyclic) bond motifs is 1. The van der Waals surface area contributed by atoms with E-state index in [1.54, 1.807) is 0 Å². The van der Waals surface area contributed by atoms with Crippen molar-refractivity contribution in [1.82, 2.24) is 24.8 Å². The van der Waals surface area contributed by atoms with Crippen LogP contribution in [0.25, 0.3) is 11.0 Å². The molecule has 3 heterocycles. The number of pyridine rings is 1. The number of imidazole rings is 1. The highest BCUT2D eigenvalue weighted by Gasteiger charge is 2.17.